The van der Waals surface area contributed by atoms with Crippen molar-refractivity contribution in [1.29, 1.82) is 0 Å². The van der Waals surface area contributed by atoms with Crippen LogP contribution in [-0.4, -0.2) is 54.8 Å². The van der Waals surface area contributed by atoms with Crippen LogP contribution >= 0.6 is 0 Å². The number of β-lactam (4-membered cyclic amide) rings is 1. The number of likely N-dealkylation sites (tertiary alicyclic amines) is 1. The van der Waals surface area contributed by atoms with Gasteiger partial charge in [-0.2, -0.15) is 0 Å². The second-order valence-electron chi connectivity index (χ2n) is 6.97. The van der Waals surface area contributed by atoms with Gasteiger partial charge in [-0.05, 0) is 24.0 Å². The van der Waals surface area contributed by atoms with Gasteiger partial charge < -0.3 is 15.4 Å². The molecule has 0 saturated carbocycles. The highest BCUT2D eigenvalue weighted by Gasteiger charge is 2.29. The molecule has 1 aliphatic heterocycles. The molecule has 1 aromatic rings. The molecular weight excluding hydrogens is 374 g/mol. The summed E-state index contributed by atoms with van der Waals surface area (Å²) in [5.41, 5.74) is 1.74. The van der Waals surface area contributed by atoms with Gasteiger partial charge in [0.2, 0.25) is 23.6 Å². The second-order valence-corrected chi connectivity index (χ2v) is 6.97. The van der Waals surface area contributed by atoms with E-state index < -0.39 is 0 Å². The van der Waals surface area contributed by atoms with E-state index in [-0.39, 0.29) is 36.7 Å². The maximum atomic E-state index is 11.9. The number of ether oxygens (including phenoxy) is 1. The number of benzene rings is 1. The molecule has 4 amide bonds. The molecule has 158 valence electrons. The minimum Gasteiger partial charge on any atom is -0.372 e. The molecule has 1 aromatic carbocycles. The number of imide groups is 1. The topological polar surface area (TPSA) is 105 Å². The average molecular weight is 403 g/mol. The Kier molecular flexibility index (Phi) is 9.30. The first-order valence-electron chi connectivity index (χ1n) is 10.0. The standard InChI is InChI=1S/C21H29N3O5/c1-2-4-18(25)22-10-3-12-29-15-19(26)23-14-17-7-5-16(6-8-17)13-21(28)24-11-9-20(24)27/h5-8H,2-4,9-15H2,1H3,(H,22,25)(H,23,26). The molecule has 0 spiro atoms. The lowest BCUT2D eigenvalue weighted by Gasteiger charge is -2.28. The third-order valence-corrected chi connectivity index (χ3v) is 4.52. The molecular formula is C21H29N3O5. The lowest BCUT2D eigenvalue weighted by Crippen LogP contribution is -2.48. The zero-order valence-electron chi connectivity index (χ0n) is 16.9. The van der Waals surface area contributed by atoms with Crippen molar-refractivity contribution in [2.75, 3.05) is 26.3 Å². The van der Waals surface area contributed by atoms with E-state index >= 15 is 0 Å². The van der Waals surface area contributed by atoms with Crippen LogP contribution in [0.4, 0.5) is 0 Å². The van der Waals surface area contributed by atoms with E-state index in [4.69, 9.17) is 4.74 Å². The van der Waals surface area contributed by atoms with Crippen LogP contribution in [0.15, 0.2) is 24.3 Å². The monoisotopic (exact) mass is 403 g/mol. The summed E-state index contributed by atoms with van der Waals surface area (Å²) in [6, 6.07) is 7.35. The van der Waals surface area contributed by atoms with Gasteiger partial charge in [-0.3, -0.25) is 24.1 Å². The van der Waals surface area contributed by atoms with E-state index in [0.717, 1.165) is 17.5 Å². The van der Waals surface area contributed by atoms with Crippen molar-refractivity contribution in [1.82, 2.24) is 15.5 Å². The summed E-state index contributed by atoms with van der Waals surface area (Å²) in [4.78, 5) is 47.6. The van der Waals surface area contributed by atoms with E-state index in [1.165, 1.54) is 4.90 Å². The van der Waals surface area contributed by atoms with Gasteiger partial charge in [0.1, 0.15) is 6.61 Å². The number of carbonyl (C=O) groups excluding carboxylic acids is 4. The highest BCUT2D eigenvalue weighted by molar-refractivity contribution is 6.00. The zero-order chi connectivity index (χ0) is 21.1. The highest BCUT2D eigenvalue weighted by atomic mass is 16.5. The van der Waals surface area contributed by atoms with E-state index in [9.17, 15) is 19.2 Å². The van der Waals surface area contributed by atoms with Gasteiger partial charge >= 0.3 is 0 Å². The van der Waals surface area contributed by atoms with Crippen LogP contribution in [-0.2, 0) is 36.9 Å². The molecule has 1 heterocycles. The number of hydrogen-bond donors (Lipinski definition) is 2. The Morgan fingerprint density at radius 1 is 1.07 bits per heavy atom. The van der Waals surface area contributed by atoms with Gasteiger partial charge in [0.05, 0.1) is 6.42 Å². The molecule has 29 heavy (non-hydrogen) atoms. The summed E-state index contributed by atoms with van der Waals surface area (Å²) in [5, 5.41) is 5.56. The van der Waals surface area contributed by atoms with Crippen molar-refractivity contribution in [3.63, 3.8) is 0 Å². The lowest BCUT2D eigenvalue weighted by atomic mass is 10.1. The Morgan fingerprint density at radius 3 is 2.41 bits per heavy atom. The third kappa shape index (κ3) is 8.03. The van der Waals surface area contributed by atoms with Crippen LogP contribution in [0.1, 0.15) is 43.7 Å². The van der Waals surface area contributed by atoms with Gasteiger partial charge in [-0.15, -0.1) is 0 Å². The number of hydrogen-bond acceptors (Lipinski definition) is 5. The molecule has 8 nitrogen and oxygen atoms in total. The molecule has 0 aromatic heterocycles. The predicted octanol–water partition coefficient (Wildman–Crippen LogP) is 0.927. The first kappa shape index (κ1) is 22.5. The molecule has 2 rings (SSSR count). The van der Waals surface area contributed by atoms with Gasteiger partial charge in [0, 0.05) is 39.1 Å². The van der Waals surface area contributed by atoms with Crippen molar-refractivity contribution in [2.45, 2.75) is 45.6 Å². The Hall–Kier alpha value is -2.74. The van der Waals surface area contributed by atoms with Crippen molar-refractivity contribution in [2.24, 2.45) is 0 Å². The van der Waals surface area contributed by atoms with E-state index in [1.54, 1.807) is 0 Å². The quantitative estimate of drug-likeness (QED) is 0.399. The fraction of sp³-hybridized carbons (Fsp3) is 0.524. The summed E-state index contributed by atoms with van der Waals surface area (Å²) in [7, 11) is 0. The van der Waals surface area contributed by atoms with Crippen molar-refractivity contribution < 1.29 is 23.9 Å². The molecule has 0 bridgehead atoms. The first-order valence-corrected chi connectivity index (χ1v) is 10.0. The van der Waals surface area contributed by atoms with Crippen LogP contribution in [0.2, 0.25) is 0 Å². The summed E-state index contributed by atoms with van der Waals surface area (Å²) >= 11 is 0. The maximum absolute atomic E-state index is 11.9. The maximum Gasteiger partial charge on any atom is 0.246 e. The molecule has 1 aliphatic rings. The smallest absolute Gasteiger partial charge is 0.246 e. The Morgan fingerprint density at radius 2 is 1.79 bits per heavy atom. The summed E-state index contributed by atoms with van der Waals surface area (Å²) in [6.45, 7) is 3.75. The normalized spacial score (nSPS) is 13.0. The van der Waals surface area contributed by atoms with Crippen LogP contribution < -0.4 is 10.6 Å². The molecule has 0 radical (unpaired) electrons. The van der Waals surface area contributed by atoms with Crippen LogP contribution in [0.3, 0.4) is 0 Å². The van der Waals surface area contributed by atoms with Gasteiger partial charge in [0.25, 0.3) is 0 Å². The molecule has 2 N–H and O–H groups in total. The fourth-order valence-electron chi connectivity index (χ4n) is 2.76. The summed E-state index contributed by atoms with van der Waals surface area (Å²) in [5.74, 6) is -0.465. The summed E-state index contributed by atoms with van der Waals surface area (Å²) < 4.78 is 5.30. The predicted molar refractivity (Wildman–Crippen MR) is 107 cm³/mol. The number of rotatable bonds is 12. The van der Waals surface area contributed by atoms with Crippen molar-refractivity contribution >= 4 is 23.6 Å². The van der Waals surface area contributed by atoms with Crippen molar-refractivity contribution in [3.8, 4) is 0 Å². The Bertz CT molecular complexity index is 718. The largest absolute Gasteiger partial charge is 0.372 e. The first-order chi connectivity index (χ1) is 14.0. The van der Waals surface area contributed by atoms with Gasteiger partial charge in [0.15, 0.2) is 0 Å². The van der Waals surface area contributed by atoms with Gasteiger partial charge in [-0.25, -0.2) is 0 Å². The fourth-order valence-corrected chi connectivity index (χ4v) is 2.76. The van der Waals surface area contributed by atoms with Crippen molar-refractivity contribution in [3.05, 3.63) is 35.4 Å². The molecule has 1 saturated heterocycles. The number of amides is 4. The zero-order valence-corrected chi connectivity index (χ0v) is 16.9. The van der Waals surface area contributed by atoms with Gasteiger partial charge in [-0.1, -0.05) is 31.2 Å². The molecule has 1 fully saturated rings. The van der Waals surface area contributed by atoms with E-state index in [2.05, 4.69) is 10.6 Å². The number of nitrogens with one attached hydrogen (secondary N) is 2. The minimum atomic E-state index is -0.212. The Balaban J connectivity index is 1.57. The Labute approximate surface area is 171 Å². The van der Waals surface area contributed by atoms with E-state index in [0.29, 0.717) is 45.5 Å². The SMILES string of the molecule is CCCC(=O)NCCCOCC(=O)NCc1ccc(CC(=O)N2CCC2=O)cc1. The molecule has 0 aliphatic carbocycles. The molecule has 0 atom stereocenters. The lowest BCUT2D eigenvalue weighted by molar-refractivity contribution is -0.151. The van der Waals surface area contributed by atoms with Crippen LogP contribution in [0.25, 0.3) is 0 Å². The van der Waals surface area contributed by atoms with Crippen LogP contribution in [0, 0.1) is 0 Å². The second kappa shape index (κ2) is 12.0. The minimum absolute atomic E-state index is 0.0284. The number of nitrogens with zero attached hydrogens (tertiary/aromatic N) is 1. The number of carbonyl (C=O) groups is 4. The molecule has 8 heteroatoms. The van der Waals surface area contributed by atoms with E-state index in [1.807, 2.05) is 31.2 Å². The highest BCUT2D eigenvalue weighted by Crippen LogP contribution is 2.12. The molecule has 0 unspecified atom stereocenters. The van der Waals surface area contributed by atoms with Crippen LogP contribution in [0.5, 0.6) is 0 Å². The third-order valence-electron chi connectivity index (χ3n) is 4.52. The summed E-state index contributed by atoms with van der Waals surface area (Å²) in [6.07, 6.45) is 2.66. The average Bonchev–Trinajstić information content (AvgIpc) is 2.69.